The van der Waals surface area contributed by atoms with Crippen LogP contribution in [0.25, 0.3) is 0 Å². The van der Waals surface area contributed by atoms with Gasteiger partial charge >= 0.3 is 0 Å². The Balaban J connectivity index is 0.00000441. The molecule has 0 aliphatic carbocycles. The predicted molar refractivity (Wildman–Crippen MR) is 95.2 cm³/mol. The van der Waals surface area contributed by atoms with Gasteiger partial charge in [-0.3, -0.25) is 9.59 Å². The fourth-order valence-corrected chi connectivity index (χ4v) is 1.96. The molecule has 5 nitrogen and oxygen atoms in total. The van der Waals surface area contributed by atoms with Crippen LogP contribution >= 0.6 is 28.3 Å². The van der Waals surface area contributed by atoms with Crippen LogP contribution in [0.15, 0.2) is 22.7 Å². The number of carbonyl (C=O) groups excluding carboxylic acids is 2. The number of anilines is 1. The Morgan fingerprint density at radius 2 is 1.91 bits per heavy atom. The minimum Gasteiger partial charge on any atom is -0.346 e. The van der Waals surface area contributed by atoms with Gasteiger partial charge in [-0.05, 0) is 30.0 Å². The van der Waals surface area contributed by atoms with Crippen LogP contribution in [0.4, 0.5) is 5.69 Å². The first kappa shape index (κ1) is 20.9. The molecule has 1 aromatic carbocycles. The van der Waals surface area contributed by atoms with Crippen molar-refractivity contribution in [3.63, 3.8) is 0 Å². The average Bonchev–Trinajstić information content (AvgIpc) is 2.38. The molecule has 22 heavy (non-hydrogen) atoms. The third-order valence-electron chi connectivity index (χ3n) is 3.11. The number of aryl methyl sites for hydroxylation is 1. The molecule has 0 fully saturated rings. The molecule has 0 saturated heterocycles. The molecule has 4 N–H and O–H groups in total. The molecule has 0 aliphatic heterocycles. The van der Waals surface area contributed by atoms with E-state index in [1.807, 2.05) is 45.9 Å². The molecule has 0 unspecified atom stereocenters. The van der Waals surface area contributed by atoms with Crippen LogP contribution in [0.3, 0.4) is 0 Å². The molecule has 0 aromatic heterocycles. The maximum Gasteiger partial charge on any atom is 0.243 e. The molecular formula is C15H23BrClN3O2. The van der Waals surface area contributed by atoms with Crippen molar-refractivity contribution < 1.29 is 9.59 Å². The summed E-state index contributed by atoms with van der Waals surface area (Å²) in [5.41, 5.74) is 7.14. The first-order valence-corrected chi connectivity index (χ1v) is 7.50. The molecule has 0 aliphatic rings. The Kier molecular flexibility index (Phi) is 8.07. The highest BCUT2D eigenvalue weighted by atomic mass is 79.9. The van der Waals surface area contributed by atoms with E-state index >= 15 is 0 Å². The van der Waals surface area contributed by atoms with E-state index in [0.29, 0.717) is 5.69 Å². The first-order chi connectivity index (χ1) is 9.61. The number of nitrogens with two attached hydrogens (primary N) is 1. The third-order valence-corrected chi connectivity index (χ3v) is 3.61. The zero-order valence-electron chi connectivity index (χ0n) is 13.2. The van der Waals surface area contributed by atoms with Crippen molar-refractivity contribution in [3.8, 4) is 0 Å². The fraction of sp³-hybridized carbons (Fsp3) is 0.467. The highest BCUT2D eigenvalue weighted by Gasteiger charge is 2.27. The van der Waals surface area contributed by atoms with E-state index in [2.05, 4.69) is 26.6 Å². The normalized spacial score (nSPS) is 12.1. The fourth-order valence-electron chi connectivity index (χ4n) is 1.59. The smallest absolute Gasteiger partial charge is 0.243 e. The van der Waals surface area contributed by atoms with E-state index in [4.69, 9.17) is 5.73 Å². The van der Waals surface area contributed by atoms with Crippen molar-refractivity contribution in [1.82, 2.24) is 5.32 Å². The average molecular weight is 393 g/mol. The second-order valence-electron chi connectivity index (χ2n) is 6.07. The lowest BCUT2D eigenvalue weighted by Gasteiger charge is -2.25. The van der Waals surface area contributed by atoms with E-state index < -0.39 is 6.04 Å². The van der Waals surface area contributed by atoms with Gasteiger partial charge in [0, 0.05) is 10.2 Å². The summed E-state index contributed by atoms with van der Waals surface area (Å²) in [7, 11) is 0. The van der Waals surface area contributed by atoms with Gasteiger partial charge in [0.2, 0.25) is 11.8 Å². The summed E-state index contributed by atoms with van der Waals surface area (Å²) < 4.78 is 0.877. The third kappa shape index (κ3) is 6.34. The van der Waals surface area contributed by atoms with Crippen LogP contribution in [0.1, 0.15) is 26.3 Å². The Labute approximate surface area is 145 Å². The maximum absolute atomic E-state index is 11.9. The Morgan fingerprint density at radius 1 is 1.32 bits per heavy atom. The minimum absolute atomic E-state index is 0. The lowest BCUT2D eigenvalue weighted by molar-refractivity contribution is -0.126. The van der Waals surface area contributed by atoms with Gasteiger partial charge in [-0.2, -0.15) is 0 Å². The summed E-state index contributed by atoms with van der Waals surface area (Å²) in [6.45, 7) is 7.43. The number of amides is 2. The molecule has 1 atom stereocenters. The molecule has 0 saturated carbocycles. The highest BCUT2D eigenvalue weighted by molar-refractivity contribution is 9.10. The van der Waals surface area contributed by atoms with Crippen LogP contribution in [0, 0.1) is 12.3 Å². The van der Waals surface area contributed by atoms with Crippen LogP contribution in [0.5, 0.6) is 0 Å². The second-order valence-corrected chi connectivity index (χ2v) is 6.98. The van der Waals surface area contributed by atoms with Crippen molar-refractivity contribution in [1.29, 1.82) is 0 Å². The van der Waals surface area contributed by atoms with Crippen LogP contribution in [0.2, 0.25) is 0 Å². The lowest BCUT2D eigenvalue weighted by atomic mass is 9.87. The van der Waals surface area contributed by atoms with Crippen LogP contribution < -0.4 is 16.4 Å². The molecule has 2 amide bonds. The number of rotatable bonds is 4. The topological polar surface area (TPSA) is 84.2 Å². The lowest BCUT2D eigenvalue weighted by Crippen LogP contribution is -2.50. The number of nitrogens with one attached hydrogen (secondary N) is 2. The zero-order chi connectivity index (χ0) is 16.2. The van der Waals surface area contributed by atoms with E-state index in [-0.39, 0.29) is 36.2 Å². The number of carbonyl (C=O) groups is 2. The maximum atomic E-state index is 11.9. The summed E-state index contributed by atoms with van der Waals surface area (Å²) in [5, 5.41) is 5.31. The van der Waals surface area contributed by atoms with Crippen molar-refractivity contribution in [2.24, 2.45) is 11.1 Å². The molecule has 0 spiro atoms. The monoisotopic (exact) mass is 391 g/mol. The molecule has 0 heterocycles. The van der Waals surface area contributed by atoms with Gasteiger partial charge in [0.15, 0.2) is 0 Å². The van der Waals surface area contributed by atoms with Crippen molar-refractivity contribution in [2.45, 2.75) is 33.7 Å². The summed E-state index contributed by atoms with van der Waals surface area (Å²) in [4.78, 5) is 23.7. The van der Waals surface area contributed by atoms with Crippen molar-refractivity contribution in [3.05, 3.63) is 28.2 Å². The van der Waals surface area contributed by atoms with Crippen LogP contribution in [-0.4, -0.2) is 24.4 Å². The standard InChI is InChI=1S/C15H22BrN3O2.ClH/c1-9-5-6-10(16)7-11(9)19-12(20)8-18-14(21)13(17)15(2,3)4;/h5-7,13H,8,17H2,1-4H3,(H,18,21)(H,19,20);1H/t13-;/m1./s1. The highest BCUT2D eigenvalue weighted by Crippen LogP contribution is 2.20. The Bertz CT molecular complexity index is 544. The molecule has 0 bridgehead atoms. The molecule has 1 rings (SSSR count). The second kappa shape index (κ2) is 8.50. The first-order valence-electron chi connectivity index (χ1n) is 6.70. The summed E-state index contributed by atoms with van der Waals surface area (Å²) >= 11 is 3.35. The van der Waals surface area contributed by atoms with Gasteiger partial charge in [0.05, 0.1) is 12.6 Å². The molecule has 1 aromatic rings. The summed E-state index contributed by atoms with van der Waals surface area (Å²) in [6.07, 6.45) is 0. The molecule has 124 valence electrons. The van der Waals surface area contributed by atoms with E-state index in [0.717, 1.165) is 10.0 Å². The molecule has 0 radical (unpaired) electrons. The van der Waals surface area contributed by atoms with Gasteiger partial charge < -0.3 is 16.4 Å². The van der Waals surface area contributed by atoms with Gasteiger partial charge in [0.1, 0.15) is 0 Å². The summed E-state index contributed by atoms with van der Waals surface area (Å²) in [6, 6.07) is 4.96. The van der Waals surface area contributed by atoms with Gasteiger partial charge in [0.25, 0.3) is 0 Å². The summed E-state index contributed by atoms with van der Waals surface area (Å²) in [5.74, 6) is -0.616. The number of benzene rings is 1. The van der Waals surface area contributed by atoms with Crippen molar-refractivity contribution in [2.75, 3.05) is 11.9 Å². The van der Waals surface area contributed by atoms with E-state index in [9.17, 15) is 9.59 Å². The van der Waals surface area contributed by atoms with Gasteiger partial charge in [-0.25, -0.2) is 0 Å². The number of halogens is 2. The Morgan fingerprint density at radius 3 is 2.45 bits per heavy atom. The SMILES string of the molecule is Cc1ccc(Br)cc1NC(=O)CNC(=O)[C@@H](N)C(C)(C)C.Cl. The van der Waals surface area contributed by atoms with Crippen molar-refractivity contribution >= 4 is 45.8 Å². The minimum atomic E-state index is -0.655. The van der Waals surface area contributed by atoms with Gasteiger partial charge in [-0.15, -0.1) is 12.4 Å². The van der Waals surface area contributed by atoms with E-state index in [1.54, 1.807) is 0 Å². The zero-order valence-corrected chi connectivity index (χ0v) is 15.6. The number of hydrogen-bond acceptors (Lipinski definition) is 3. The quantitative estimate of drug-likeness (QED) is 0.736. The number of hydrogen-bond donors (Lipinski definition) is 3. The largest absolute Gasteiger partial charge is 0.346 e. The van der Waals surface area contributed by atoms with Gasteiger partial charge in [-0.1, -0.05) is 42.8 Å². The molecule has 7 heteroatoms. The Hall–Kier alpha value is -1.11. The molecular weight excluding hydrogens is 370 g/mol. The van der Waals surface area contributed by atoms with E-state index in [1.165, 1.54) is 0 Å². The van der Waals surface area contributed by atoms with Crippen LogP contribution in [-0.2, 0) is 9.59 Å². The predicted octanol–water partition coefficient (Wildman–Crippen LogP) is 2.61.